The van der Waals surface area contributed by atoms with E-state index in [4.69, 9.17) is 9.47 Å². The van der Waals surface area contributed by atoms with Crippen LogP contribution >= 0.6 is 0 Å². The van der Waals surface area contributed by atoms with E-state index in [9.17, 15) is 24.3 Å². The quantitative estimate of drug-likeness (QED) is 0.407. The van der Waals surface area contributed by atoms with Crippen LogP contribution in [0.3, 0.4) is 0 Å². The van der Waals surface area contributed by atoms with Crippen molar-refractivity contribution in [3.05, 3.63) is 72.3 Å². The van der Waals surface area contributed by atoms with Crippen molar-refractivity contribution in [2.24, 2.45) is 0 Å². The molecule has 0 spiro atoms. The van der Waals surface area contributed by atoms with Crippen LogP contribution in [0.1, 0.15) is 36.3 Å². The van der Waals surface area contributed by atoms with Gasteiger partial charge in [0.15, 0.2) is 0 Å². The molecule has 9 heteroatoms. The maximum Gasteiger partial charge on any atom is 0.407 e. The molecule has 1 aliphatic carbocycles. The second-order valence-electron chi connectivity index (χ2n) is 8.73. The summed E-state index contributed by atoms with van der Waals surface area (Å²) < 4.78 is 10.5. The highest BCUT2D eigenvalue weighted by Gasteiger charge is 2.39. The Morgan fingerprint density at radius 3 is 2.31 bits per heavy atom. The summed E-state index contributed by atoms with van der Waals surface area (Å²) in [5, 5.41) is 11.9. The Bertz CT molecular complexity index is 1130. The molecule has 2 aromatic rings. The summed E-state index contributed by atoms with van der Waals surface area (Å²) in [6, 6.07) is 13.5. The van der Waals surface area contributed by atoms with Crippen molar-refractivity contribution in [3.8, 4) is 11.1 Å². The van der Waals surface area contributed by atoms with Gasteiger partial charge in [-0.1, -0.05) is 61.2 Å². The van der Waals surface area contributed by atoms with Crippen LogP contribution in [0.15, 0.2) is 61.2 Å². The molecule has 9 nitrogen and oxygen atoms in total. The normalized spacial score (nSPS) is 17.0. The van der Waals surface area contributed by atoms with Gasteiger partial charge >= 0.3 is 18.0 Å². The predicted octanol–water partition coefficient (Wildman–Crippen LogP) is 3.09. The van der Waals surface area contributed by atoms with Gasteiger partial charge in [-0.15, -0.1) is 0 Å². The summed E-state index contributed by atoms with van der Waals surface area (Å²) in [7, 11) is 0. The van der Waals surface area contributed by atoms with Gasteiger partial charge in [0.2, 0.25) is 5.91 Å². The van der Waals surface area contributed by atoms with Gasteiger partial charge in [0.05, 0.1) is 6.42 Å². The number of esters is 1. The molecule has 2 aromatic carbocycles. The molecule has 2 aliphatic rings. The lowest BCUT2D eigenvalue weighted by molar-refractivity contribution is -0.150. The molecule has 0 aromatic heterocycles. The SMILES string of the molecule is C=CCOC(=O)C[C@H](NC(=O)OCC1c2ccccc2-c2ccccc21)C(=O)N1CCCC1C(=O)O. The minimum atomic E-state index is -1.32. The number of nitrogens with one attached hydrogen (secondary N) is 1. The molecule has 2 atom stereocenters. The number of fused-ring (bicyclic) bond motifs is 3. The fourth-order valence-electron chi connectivity index (χ4n) is 4.85. The minimum absolute atomic E-state index is 0.0309. The number of amides is 2. The number of carbonyl (C=O) groups is 4. The maximum atomic E-state index is 13.2. The number of likely N-dealkylation sites (tertiary alicyclic amines) is 1. The molecule has 1 heterocycles. The summed E-state index contributed by atoms with van der Waals surface area (Å²) in [5.41, 5.74) is 4.23. The Kier molecular flexibility index (Phi) is 7.68. The summed E-state index contributed by atoms with van der Waals surface area (Å²) >= 11 is 0. The zero-order chi connectivity index (χ0) is 25.7. The van der Waals surface area contributed by atoms with Crippen LogP contribution in [0.25, 0.3) is 11.1 Å². The third-order valence-corrected chi connectivity index (χ3v) is 6.49. The summed E-state index contributed by atoms with van der Waals surface area (Å²) in [4.78, 5) is 50.9. The largest absolute Gasteiger partial charge is 0.480 e. The van der Waals surface area contributed by atoms with Crippen molar-refractivity contribution in [2.75, 3.05) is 19.8 Å². The van der Waals surface area contributed by atoms with Crippen LogP contribution in [-0.2, 0) is 23.9 Å². The Labute approximate surface area is 208 Å². The van der Waals surface area contributed by atoms with Crippen molar-refractivity contribution in [2.45, 2.75) is 37.3 Å². The molecule has 4 rings (SSSR count). The predicted molar refractivity (Wildman–Crippen MR) is 130 cm³/mol. The monoisotopic (exact) mass is 492 g/mol. The van der Waals surface area contributed by atoms with E-state index in [2.05, 4.69) is 11.9 Å². The van der Waals surface area contributed by atoms with E-state index >= 15 is 0 Å². The first-order valence-corrected chi connectivity index (χ1v) is 11.8. The summed E-state index contributed by atoms with van der Waals surface area (Å²) in [5.74, 6) is -2.69. The third kappa shape index (κ3) is 5.25. The average molecular weight is 493 g/mol. The van der Waals surface area contributed by atoms with Gasteiger partial charge in [-0.25, -0.2) is 9.59 Å². The van der Waals surface area contributed by atoms with E-state index in [0.29, 0.717) is 12.8 Å². The number of aliphatic carboxylic acids is 1. The minimum Gasteiger partial charge on any atom is -0.480 e. The van der Waals surface area contributed by atoms with Crippen molar-refractivity contribution >= 4 is 23.9 Å². The van der Waals surface area contributed by atoms with Crippen LogP contribution in [-0.4, -0.2) is 65.8 Å². The molecule has 0 saturated carbocycles. The Morgan fingerprint density at radius 2 is 1.69 bits per heavy atom. The number of alkyl carbamates (subject to hydrolysis) is 1. The second kappa shape index (κ2) is 11.1. The lowest BCUT2D eigenvalue weighted by atomic mass is 9.98. The number of hydrogen-bond acceptors (Lipinski definition) is 6. The number of hydrogen-bond donors (Lipinski definition) is 2. The topological polar surface area (TPSA) is 122 Å². The van der Waals surface area contributed by atoms with Gasteiger partial charge in [-0.05, 0) is 35.1 Å². The van der Waals surface area contributed by atoms with Crippen LogP contribution in [0, 0.1) is 0 Å². The van der Waals surface area contributed by atoms with Crippen LogP contribution < -0.4 is 5.32 Å². The highest BCUT2D eigenvalue weighted by Crippen LogP contribution is 2.44. The Morgan fingerprint density at radius 1 is 1.06 bits per heavy atom. The van der Waals surface area contributed by atoms with E-state index in [-0.39, 0.29) is 25.7 Å². The molecule has 0 bridgehead atoms. The number of rotatable bonds is 9. The standard InChI is InChI=1S/C27H28N2O7/c1-2-14-35-24(30)15-22(25(31)29-13-7-12-23(29)26(32)33)28-27(34)36-16-21-19-10-5-3-8-17(19)18-9-4-6-11-20(18)21/h2-6,8-11,21-23H,1,7,12-16H2,(H,28,34)(H,32,33)/t22-,23?/m0/s1. The zero-order valence-corrected chi connectivity index (χ0v) is 19.7. The van der Waals surface area contributed by atoms with Crippen molar-refractivity contribution < 1.29 is 33.8 Å². The Hall–Kier alpha value is -4.14. The number of benzene rings is 2. The van der Waals surface area contributed by atoms with Crippen molar-refractivity contribution in [3.63, 3.8) is 0 Å². The van der Waals surface area contributed by atoms with Gasteiger partial charge in [-0.2, -0.15) is 0 Å². The van der Waals surface area contributed by atoms with E-state index in [0.717, 1.165) is 22.3 Å². The van der Waals surface area contributed by atoms with Crippen LogP contribution in [0.2, 0.25) is 0 Å². The number of carboxylic acid groups (broad SMARTS) is 1. The molecular formula is C27H28N2O7. The Balaban J connectivity index is 1.46. The van der Waals surface area contributed by atoms with Gasteiger partial charge in [-0.3, -0.25) is 9.59 Å². The number of carboxylic acids is 1. The van der Waals surface area contributed by atoms with Crippen LogP contribution in [0.5, 0.6) is 0 Å². The molecule has 1 aliphatic heterocycles. The van der Waals surface area contributed by atoms with Gasteiger partial charge in [0.25, 0.3) is 0 Å². The van der Waals surface area contributed by atoms with E-state index in [1.54, 1.807) is 0 Å². The van der Waals surface area contributed by atoms with Crippen LogP contribution in [0.4, 0.5) is 4.79 Å². The van der Waals surface area contributed by atoms with Gasteiger partial charge < -0.3 is 24.8 Å². The molecule has 1 saturated heterocycles. The van der Waals surface area contributed by atoms with Crippen molar-refractivity contribution in [1.82, 2.24) is 10.2 Å². The van der Waals surface area contributed by atoms with E-state index in [1.165, 1.54) is 11.0 Å². The fraction of sp³-hybridized carbons (Fsp3) is 0.333. The smallest absolute Gasteiger partial charge is 0.407 e. The number of nitrogens with zero attached hydrogens (tertiary/aromatic N) is 1. The van der Waals surface area contributed by atoms with Crippen molar-refractivity contribution in [1.29, 1.82) is 0 Å². The van der Waals surface area contributed by atoms with Gasteiger partial charge in [0.1, 0.15) is 25.3 Å². The summed E-state index contributed by atoms with van der Waals surface area (Å²) in [6.45, 7) is 3.68. The van der Waals surface area contributed by atoms with E-state index < -0.39 is 42.4 Å². The molecule has 188 valence electrons. The molecule has 0 radical (unpaired) electrons. The van der Waals surface area contributed by atoms with E-state index in [1.807, 2.05) is 48.5 Å². The molecular weight excluding hydrogens is 464 g/mol. The zero-order valence-electron chi connectivity index (χ0n) is 19.7. The third-order valence-electron chi connectivity index (χ3n) is 6.49. The lowest BCUT2D eigenvalue weighted by Gasteiger charge is -2.27. The molecule has 1 unspecified atom stereocenters. The highest BCUT2D eigenvalue weighted by molar-refractivity contribution is 5.92. The molecule has 36 heavy (non-hydrogen) atoms. The maximum absolute atomic E-state index is 13.2. The summed E-state index contributed by atoms with van der Waals surface area (Å²) in [6.07, 6.45) is 0.868. The molecule has 2 amide bonds. The number of ether oxygens (including phenoxy) is 2. The second-order valence-corrected chi connectivity index (χ2v) is 8.73. The first-order chi connectivity index (χ1) is 17.4. The first kappa shape index (κ1) is 25.0. The molecule has 2 N–H and O–H groups in total. The average Bonchev–Trinajstić information content (AvgIpc) is 3.49. The highest BCUT2D eigenvalue weighted by atomic mass is 16.5. The number of carbonyl (C=O) groups excluding carboxylic acids is 3. The first-order valence-electron chi connectivity index (χ1n) is 11.8. The van der Waals surface area contributed by atoms with Gasteiger partial charge in [0, 0.05) is 12.5 Å². The fourth-order valence-corrected chi connectivity index (χ4v) is 4.85. The lowest BCUT2D eigenvalue weighted by Crippen LogP contribution is -2.52. The molecule has 1 fully saturated rings.